The van der Waals surface area contributed by atoms with Crippen LogP contribution in [0, 0.1) is 5.82 Å². The molecule has 1 saturated heterocycles. The maximum absolute atomic E-state index is 12.8. The van der Waals surface area contributed by atoms with Gasteiger partial charge in [-0.15, -0.1) is 0 Å². The Balaban J connectivity index is 2.30. The Bertz CT molecular complexity index is 341. The summed E-state index contributed by atoms with van der Waals surface area (Å²) in [6.45, 7) is 2.51. The summed E-state index contributed by atoms with van der Waals surface area (Å²) >= 11 is 3.37. The first-order valence-electron chi connectivity index (χ1n) is 4.80. The zero-order valence-corrected chi connectivity index (χ0v) is 9.96. The third-order valence-corrected chi connectivity index (χ3v) is 3.14. The lowest BCUT2D eigenvalue weighted by atomic mass is 10.1. The molecule has 1 aromatic carbocycles. The summed E-state index contributed by atoms with van der Waals surface area (Å²) in [6, 6.07) is 6.20. The highest BCUT2D eigenvalue weighted by atomic mass is 79.9. The van der Waals surface area contributed by atoms with Crippen LogP contribution in [0.3, 0.4) is 0 Å². The summed E-state index contributed by atoms with van der Waals surface area (Å²) in [7, 11) is 0. The average Bonchev–Trinajstić information content (AvgIpc) is 2.62. The second-order valence-corrected chi connectivity index (χ2v) is 4.19. The van der Waals surface area contributed by atoms with Gasteiger partial charge in [-0.2, -0.15) is 0 Å². The first-order valence-corrected chi connectivity index (χ1v) is 5.92. The summed E-state index contributed by atoms with van der Waals surface area (Å²) in [5.74, 6) is -1.01. The van der Waals surface area contributed by atoms with Crippen molar-refractivity contribution in [2.75, 3.05) is 11.9 Å². The standard InChI is InChI=1S/C11H12BrFO2/c1-8-6-14-11(7-12,15-8)9-2-4-10(13)5-3-9/h2-5,8H,6-7H2,1H3/t8-,11?/m1/s1. The van der Waals surface area contributed by atoms with Crippen molar-refractivity contribution in [3.05, 3.63) is 35.6 Å². The van der Waals surface area contributed by atoms with E-state index in [9.17, 15) is 4.39 Å². The highest BCUT2D eigenvalue weighted by molar-refractivity contribution is 9.09. The number of benzene rings is 1. The molecule has 0 aromatic heterocycles. The molecule has 0 amide bonds. The lowest BCUT2D eigenvalue weighted by Crippen LogP contribution is -2.29. The molecule has 1 aliphatic heterocycles. The number of hydrogen-bond donors (Lipinski definition) is 0. The fourth-order valence-corrected chi connectivity index (χ4v) is 2.27. The highest BCUT2D eigenvalue weighted by Gasteiger charge is 2.40. The predicted octanol–water partition coefficient (Wildman–Crippen LogP) is 2.81. The molecule has 2 rings (SSSR count). The Morgan fingerprint density at radius 1 is 1.47 bits per heavy atom. The van der Waals surface area contributed by atoms with E-state index in [-0.39, 0.29) is 11.9 Å². The molecule has 2 atom stereocenters. The first kappa shape index (κ1) is 11.0. The Hall–Kier alpha value is -0.450. The van der Waals surface area contributed by atoms with Crippen molar-refractivity contribution < 1.29 is 13.9 Å². The maximum atomic E-state index is 12.8. The molecule has 0 radical (unpaired) electrons. The molecule has 0 bridgehead atoms. The van der Waals surface area contributed by atoms with Crippen LogP contribution in [0.2, 0.25) is 0 Å². The molecule has 2 nitrogen and oxygen atoms in total. The third-order valence-electron chi connectivity index (χ3n) is 2.40. The second-order valence-electron chi connectivity index (χ2n) is 3.63. The van der Waals surface area contributed by atoms with E-state index in [0.29, 0.717) is 11.9 Å². The molecule has 82 valence electrons. The van der Waals surface area contributed by atoms with Gasteiger partial charge in [0.1, 0.15) is 5.82 Å². The normalized spacial score (nSPS) is 30.7. The summed E-state index contributed by atoms with van der Waals surface area (Å²) in [4.78, 5) is 0. The zero-order chi connectivity index (χ0) is 10.9. The van der Waals surface area contributed by atoms with Gasteiger partial charge in [0.15, 0.2) is 0 Å². The Morgan fingerprint density at radius 3 is 2.60 bits per heavy atom. The number of ether oxygens (including phenoxy) is 2. The third kappa shape index (κ3) is 2.07. The molecule has 1 heterocycles. The minimum absolute atomic E-state index is 0.0626. The highest BCUT2D eigenvalue weighted by Crippen LogP contribution is 2.35. The molecule has 15 heavy (non-hydrogen) atoms. The van der Waals surface area contributed by atoms with Crippen molar-refractivity contribution >= 4 is 15.9 Å². The van der Waals surface area contributed by atoms with Crippen molar-refractivity contribution in [3.8, 4) is 0 Å². The van der Waals surface area contributed by atoms with Gasteiger partial charge in [0.25, 0.3) is 0 Å². The van der Waals surface area contributed by atoms with Gasteiger partial charge in [-0.05, 0) is 19.1 Å². The number of halogens is 2. The van der Waals surface area contributed by atoms with Gasteiger partial charge in [-0.25, -0.2) is 4.39 Å². The Kier molecular flexibility index (Phi) is 3.09. The van der Waals surface area contributed by atoms with Gasteiger partial charge in [0.2, 0.25) is 5.79 Å². The Morgan fingerprint density at radius 2 is 2.13 bits per heavy atom. The van der Waals surface area contributed by atoms with Gasteiger partial charge in [-0.1, -0.05) is 28.1 Å². The fourth-order valence-electron chi connectivity index (χ4n) is 1.65. The van der Waals surface area contributed by atoms with Crippen molar-refractivity contribution in [1.29, 1.82) is 0 Å². The van der Waals surface area contributed by atoms with E-state index in [1.807, 2.05) is 6.92 Å². The molecule has 1 unspecified atom stereocenters. The molecule has 4 heteroatoms. The molecule has 0 spiro atoms. The smallest absolute Gasteiger partial charge is 0.205 e. The van der Waals surface area contributed by atoms with Crippen LogP contribution in [0.25, 0.3) is 0 Å². The van der Waals surface area contributed by atoms with Crippen LogP contribution in [-0.4, -0.2) is 18.0 Å². The quantitative estimate of drug-likeness (QED) is 0.773. The van der Waals surface area contributed by atoms with E-state index < -0.39 is 5.79 Å². The van der Waals surface area contributed by atoms with Gasteiger partial charge in [0.05, 0.1) is 18.0 Å². The Labute approximate surface area is 96.5 Å². The summed E-state index contributed by atoms with van der Waals surface area (Å²) in [5, 5.41) is 0.538. The van der Waals surface area contributed by atoms with Crippen molar-refractivity contribution in [3.63, 3.8) is 0 Å². The number of hydrogen-bond acceptors (Lipinski definition) is 2. The molecule has 1 fully saturated rings. The second kappa shape index (κ2) is 4.20. The molecule has 1 aromatic rings. The van der Waals surface area contributed by atoms with E-state index in [4.69, 9.17) is 9.47 Å². The lowest BCUT2D eigenvalue weighted by molar-refractivity contribution is -0.154. The molecule has 0 saturated carbocycles. The molecule has 0 N–H and O–H groups in total. The van der Waals surface area contributed by atoms with Crippen LogP contribution in [0.1, 0.15) is 12.5 Å². The van der Waals surface area contributed by atoms with Crippen molar-refractivity contribution in [1.82, 2.24) is 0 Å². The van der Waals surface area contributed by atoms with Crippen LogP contribution in [-0.2, 0) is 15.3 Å². The average molecular weight is 275 g/mol. The number of alkyl halides is 1. The molecule has 0 aliphatic carbocycles. The van der Waals surface area contributed by atoms with E-state index in [0.717, 1.165) is 5.56 Å². The summed E-state index contributed by atoms with van der Waals surface area (Å²) in [5.41, 5.74) is 0.838. The van der Waals surface area contributed by atoms with E-state index >= 15 is 0 Å². The van der Waals surface area contributed by atoms with Crippen molar-refractivity contribution in [2.24, 2.45) is 0 Å². The summed E-state index contributed by atoms with van der Waals surface area (Å²) < 4.78 is 24.2. The van der Waals surface area contributed by atoms with E-state index in [1.54, 1.807) is 12.1 Å². The zero-order valence-electron chi connectivity index (χ0n) is 8.37. The maximum Gasteiger partial charge on any atom is 0.205 e. The lowest BCUT2D eigenvalue weighted by Gasteiger charge is -2.25. The molecule has 1 aliphatic rings. The van der Waals surface area contributed by atoms with Gasteiger partial charge >= 0.3 is 0 Å². The van der Waals surface area contributed by atoms with Crippen LogP contribution >= 0.6 is 15.9 Å². The van der Waals surface area contributed by atoms with Gasteiger partial charge in [0, 0.05) is 5.56 Å². The van der Waals surface area contributed by atoms with Gasteiger partial charge < -0.3 is 9.47 Å². The SMILES string of the molecule is C[C@@H]1COC(CBr)(c2ccc(F)cc2)O1. The van der Waals surface area contributed by atoms with Gasteiger partial charge in [-0.3, -0.25) is 0 Å². The van der Waals surface area contributed by atoms with E-state index in [1.165, 1.54) is 12.1 Å². The van der Waals surface area contributed by atoms with Crippen molar-refractivity contribution in [2.45, 2.75) is 18.8 Å². The minimum atomic E-state index is -0.757. The van der Waals surface area contributed by atoms with Crippen LogP contribution < -0.4 is 0 Å². The fraction of sp³-hybridized carbons (Fsp3) is 0.455. The minimum Gasteiger partial charge on any atom is -0.342 e. The molecular weight excluding hydrogens is 263 g/mol. The van der Waals surface area contributed by atoms with Crippen LogP contribution in [0.15, 0.2) is 24.3 Å². The van der Waals surface area contributed by atoms with E-state index in [2.05, 4.69) is 15.9 Å². The predicted molar refractivity (Wildman–Crippen MR) is 58.4 cm³/mol. The topological polar surface area (TPSA) is 18.5 Å². The molecular formula is C11H12BrFO2. The first-order chi connectivity index (χ1) is 7.16. The van der Waals surface area contributed by atoms with Crippen LogP contribution in [0.5, 0.6) is 0 Å². The van der Waals surface area contributed by atoms with Crippen LogP contribution in [0.4, 0.5) is 4.39 Å². The monoisotopic (exact) mass is 274 g/mol. The largest absolute Gasteiger partial charge is 0.342 e. The summed E-state index contributed by atoms with van der Waals surface area (Å²) in [6.07, 6.45) is 0.0626. The number of rotatable bonds is 2.